The molecule has 1 atom stereocenters. The van der Waals surface area contributed by atoms with Gasteiger partial charge in [-0.05, 0) is 23.8 Å². The Morgan fingerprint density at radius 1 is 0.897 bits per heavy atom. The molecule has 1 aliphatic rings. The highest BCUT2D eigenvalue weighted by Crippen LogP contribution is 2.44. The number of rotatable bonds is 3. The number of anilines is 1. The molecule has 1 amide bonds. The predicted molar refractivity (Wildman–Crippen MR) is 108 cm³/mol. The monoisotopic (exact) mass is 388 g/mol. The second kappa shape index (κ2) is 6.23. The van der Waals surface area contributed by atoms with Gasteiger partial charge in [0, 0.05) is 16.8 Å². The van der Waals surface area contributed by atoms with Crippen LogP contribution in [0.25, 0.3) is 22.3 Å². The molecule has 1 aliphatic heterocycles. The number of hydrogen-bond acceptors (Lipinski definition) is 4. The molecule has 144 valence electrons. The lowest BCUT2D eigenvalue weighted by molar-refractivity contribution is -0.116. The van der Waals surface area contributed by atoms with E-state index in [-0.39, 0.29) is 16.9 Å². The van der Waals surface area contributed by atoms with E-state index in [4.69, 9.17) is 4.74 Å². The number of aromatic nitrogens is 3. The molecule has 0 spiro atoms. The normalized spacial score (nSPS) is 15.3. The third-order valence-electron chi connectivity index (χ3n) is 5.19. The lowest BCUT2D eigenvalue weighted by Crippen LogP contribution is -2.23. The fourth-order valence-corrected chi connectivity index (χ4v) is 4.00. The van der Waals surface area contributed by atoms with Crippen molar-refractivity contribution in [2.75, 3.05) is 12.4 Å². The van der Waals surface area contributed by atoms with Crippen LogP contribution in [0.3, 0.4) is 0 Å². The van der Waals surface area contributed by atoms with Crippen LogP contribution in [0.5, 0.6) is 5.75 Å². The number of ether oxygens (including phenoxy) is 1. The molecular formula is C21H16N4O4. The van der Waals surface area contributed by atoms with Crippen molar-refractivity contribution in [3.8, 4) is 17.0 Å². The summed E-state index contributed by atoms with van der Waals surface area (Å²) in [5.74, 6) is -0.383. The molecule has 3 heterocycles. The van der Waals surface area contributed by atoms with E-state index in [1.807, 2.05) is 42.5 Å². The van der Waals surface area contributed by atoms with E-state index in [1.165, 1.54) is 0 Å². The molecule has 5 rings (SSSR count). The second-order valence-corrected chi connectivity index (χ2v) is 6.78. The van der Waals surface area contributed by atoms with Crippen LogP contribution in [-0.2, 0) is 4.79 Å². The molecule has 0 saturated heterocycles. The number of amides is 1. The lowest BCUT2D eigenvalue weighted by atomic mass is 9.89. The van der Waals surface area contributed by atoms with Gasteiger partial charge in [-0.25, -0.2) is 4.79 Å². The average molecular weight is 388 g/mol. The van der Waals surface area contributed by atoms with Gasteiger partial charge in [-0.1, -0.05) is 30.3 Å². The van der Waals surface area contributed by atoms with Crippen LogP contribution >= 0.6 is 0 Å². The summed E-state index contributed by atoms with van der Waals surface area (Å²) in [5, 5.41) is 3.11. The maximum atomic E-state index is 12.9. The summed E-state index contributed by atoms with van der Waals surface area (Å²) >= 11 is 0. The maximum Gasteiger partial charge on any atom is 0.327 e. The van der Waals surface area contributed by atoms with Crippen molar-refractivity contribution in [3.05, 3.63) is 80.5 Å². The van der Waals surface area contributed by atoms with Crippen LogP contribution in [0.4, 0.5) is 5.69 Å². The van der Waals surface area contributed by atoms with Crippen molar-refractivity contribution in [2.24, 2.45) is 0 Å². The zero-order valence-electron chi connectivity index (χ0n) is 15.3. The highest BCUT2D eigenvalue weighted by Gasteiger charge is 2.37. The average Bonchev–Trinajstić information content (AvgIpc) is 3.24. The summed E-state index contributed by atoms with van der Waals surface area (Å²) in [6.45, 7) is 0. The van der Waals surface area contributed by atoms with E-state index in [2.05, 4.69) is 20.3 Å². The summed E-state index contributed by atoms with van der Waals surface area (Å²) in [6.07, 6.45) is 0. The number of para-hydroxylation sites is 2. The smallest absolute Gasteiger partial charge is 0.327 e. The molecule has 4 aromatic rings. The molecule has 2 aromatic heterocycles. The second-order valence-electron chi connectivity index (χ2n) is 6.78. The minimum atomic E-state index is -0.716. The molecule has 8 nitrogen and oxygen atoms in total. The van der Waals surface area contributed by atoms with Gasteiger partial charge in [-0.3, -0.25) is 19.6 Å². The molecule has 8 heteroatoms. The van der Waals surface area contributed by atoms with Gasteiger partial charge in [0.2, 0.25) is 5.91 Å². The van der Waals surface area contributed by atoms with Gasteiger partial charge in [0.25, 0.3) is 5.56 Å². The third kappa shape index (κ3) is 2.49. The third-order valence-corrected chi connectivity index (χ3v) is 5.19. The zero-order chi connectivity index (χ0) is 20.1. The molecule has 0 unspecified atom stereocenters. The van der Waals surface area contributed by atoms with Crippen molar-refractivity contribution in [3.63, 3.8) is 0 Å². The van der Waals surface area contributed by atoms with Gasteiger partial charge in [0.05, 0.1) is 24.1 Å². The van der Waals surface area contributed by atoms with Crippen molar-refractivity contribution in [1.29, 1.82) is 0 Å². The van der Waals surface area contributed by atoms with Crippen molar-refractivity contribution >= 4 is 22.6 Å². The van der Waals surface area contributed by atoms with Gasteiger partial charge in [-0.15, -0.1) is 0 Å². The van der Waals surface area contributed by atoms with E-state index < -0.39 is 17.2 Å². The molecule has 0 bridgehead atoms. The van der Waals surface area contributed by atoms with Crippen molar-refractivity contribution < 1.29 is 9.53 Å². The first-order chi connectivity index (χ1) is 14.1. The topological polar surface area (TPSA) is 120 Å². The number of H-pyrrole nitrogens is 3. The molecule has 29 heavy (non-hydrogen) atoms. The van der Waals surface area contributed by atoms with Crippen molar-refractivity contribution in [1.82, 2.24) is 15.0 Å². The Balaban J connectivity index is 1.91. The minimum absolute atomic E-state index is 0.238. The first kappa shape index (κ1) is 17.1. The maximum absolute atomic E-state index is 12.9. The number of aromatic amines is 3. The molecule has 0 fully saturated rings. The Morgan fingerprint density at radius 3 is 2.48 bits per heavy atom. The zero-order valence-corrected chi connectivity index (χ0v) is 15.3. The molecule has 0 aliphatic carbocycles. The van der Waals surface area contributed by atoms with Crippen LogP contribution < -0.4 is 21.3 Å². The highest BCUT2D eigenvalue weighted by atomic mass is 16.5. The Bertz CT molecular complexity index is 1400. The number of benzene rings is 2. The number of methoxy groups -OCH3 is 1. The summed E-state index contributed by atoms with van der Waals surface area (Å²) in [4.78, 5) is 45.5. The molecular weight excluding hydrogens is 372 g/mol. The number of carbonyl (C=O) groups excluding carboxylic acids is 1. The van der Waals surface area contributed by atoms with Gasteiger partial charge >= 0.3 is 5.69 Å². The Kier molecular flexibility index (Phi) is 3.67. The molecule has 4 N–H and O–H groups in total. The summed E-state index contributed by atoms with van der Waals surface area (Å²) in [5.41, 5.74) is 2.24. The van der Waals surface area contributed by atoms with Crippen LogP contribution in [-0.4, -0.2) is 28.0 Å². The van der Waals surface area contributed by atoms with Crippen molar-refractivity contribution in [2.45, 2.75) is 5.92 Å². The van der Waals surface area contributed by atoms with E-state index in [0.29, 0.717) is 28.3 Å². The van der Waals surface area contributed by atoms with E-state index in [0.717, 1.165) is 5.56 Å². The number of nitrogens with one attached hydrogen (secondary N) is 4. The lowest BCUT2D eigenvalue weighted by Gasteiger charge is -2.13. The summed E-state index contributed by atoms with van der Waals surface area (Å²) in [7, 11) is 1.55. The van der Waals surface area contributed by atoms with Gasteiger partial charge in [-0.2, -0.15) is 0 Å². The Hall–Kier alpha value is -4.07. The first-order valence-electron chi connectivity index (χ1n) is 9.00. The van der Waals surface area contributed by atoms with Crippen LogP contribution in [0, 0.1) is 0 Å². The van der Waals surface area contributed by atoms with Gasteiger partial charge < -0.3 is 15.0 Å². The standard InChI is InChI=1S/C21H16N4O4/c1-29-13-9-5-3-7-11(13)17-15(16-18(23-17)24-21(28)25-20(16)27)14-10-6-2-4-8-12(10)22-19(14)26/h2-9,14H,1H3,(H,22,26)(H3,23,24,25,27,28)/t14-/m1/s1. The number of carbonyl (C=O) groups is 1. The van der Waals surface area contributed by atoms with Crippen LogP contribution in [0.1, 0.15) is 17.0 Å². The fourth-order valence-electron chi connectivity index (χ4n) is 4.00. The van der Waals surface area contributed by atoms with Gasteiger partial charge in [0.15, 0.2) is 0 Å². The molecule has 0 saturated carbocycles. The molecule has 2 aromatic carbocycles. The van der Waals surface area contributed by atoms with E-state index in [9.17, 15) is 14.4 Å². The van der Waals surface area contributed by atoms with Gasteiger partial charge in [0.1, 0.15) is 11.4 Å². The minimum Gasteiger partial charge on any atom is -0.496 e. The largest absolute Gasteiger partial charge is 0.496 e. The summed E-state index contributed by atoms with van der Waals surface area (Å²) < 4.78 is 5.49. The highest BCUT2D eigenvalue weighted by molar-refractivity contribution is 6.09. The quantitative estimate of drug-likeness (QED) is 0.430. The Morgan fingerprint density at radius 2 is 1.66 bits per heavy atom. The number of hydrogen-bond donors (Lipinski definition) is 4. The summed E-state index contributed by atoms with van der Waals surface area (Å²) in [6, 6.07) is 14.6. The fraction of sp³-hybridized carbons (Fsp3) is 0.0952. The van der Waals surface area contributed by atoms with E-state index >= 15 is 0 Å². The van der Waals surface area contributed by atoms with Crippen LogP contribution in [0.15, 0.2) is 58.1 Å². The SMILES string of the molecule is COc1ccccc1-c1[nH]c2[nH]c(=O)[nH]c(=O)c2c1[C@@H]1C(=O)Nc2ccccc21. The molecule has 0 radical (unpaired) electrons. The number of fused-ring (bicyclic) bond motifs is 2. The first-order valence-corrected chi connectivity index (χ1v) is 9.00. The Labute approximate surface area is 163 Å². The van der Waals surface area contributed by atoms with Crippen LogP contribution in [0.2, 0.25) is 0 Å². The van der Waals surface area contributed by atoms with E-state index in [1.54, 1.807) is 13.2 Å². The predicted octanol–water partition coefficient (Wildman–Crippen LogP) is 2.30.